The maximum atomic E-state index is 11.8. The zero-order chi connectivity index (χ0) is 14.5. The Morgan fingerprint density at radius 1 is 1.40 bits per heavy atom. The number of likely N-dealkylation sites (N-methyl/N-ethyl adjacent to an activating group) is 1. The molecule has 7 heteroatoms. The summed E-state index contributed by atoms with van der Waals surface area (Å²) < 4.78 is 5.63. The monoisotopic (exact) mass is 281 g/mol. The van der Waals surface area contributed by atoms with E-state index in [4.69, 9.17) is 4.42 Å². The lowest BCUT2D eigenvalue weighted by Crippen LogP contribution is -2.37. The standard InChI is InChI=1S/C13H23N5O2/c1-4-7-18(9-12(19)17(2)3)13-16-15-11(20-13)8-14-10-5-6-10/h10,14H,4-9H2,1-3H3. The molecule has 1 amide bonds. The minimum atomic E-state index is 0.0225. The molecule has 1 aliphatic rings. The molecule has 1 aromatic heterocycles. The average Bonchev–Trinajstić information content (AvgIpc) is 3.13. The predicted molar refractivity (Wildman–Crippen MR) is 75.4 cm³/mol. The summed E-state index contributed by atoms with van der Waals surface area (Å²) in [6, 6.07) is 1.03. The molecule has 1 aliphatic carbocycles. The van der Waals surface area contributed by atoms with Gasteiger partial charge in [0.1, 0.15) is 6.54 Å². The molecule has 0 atom stereocenters. The first-order chi connectivity index (χ1) is 9.60. The molecule has 1 saturated carbocycles. The molecule has 1 aromatic rings. The Kier molecular flexibility index (Phi) is 4.94. The Bertz CT molecular complexity index is 442. The van der Waals surface area contributed by atoms with Gasteiger partial charge in [-0.15, -0.1) is 5.10 Å². The van der Waals surface area contributed by atoms with Crippen molar-refractivity contribution in [3.05, 3.63) is 5.89 Å². The van der Waals surface area contributed by atoms with Gasteiger partial charge in [0.2, 0.25) is 11.8 Å². The van der Waals surface area contributed by atoms with E-state index in [0.717, 1.165) is 13.0 Å². The lowest BCUT2D eigenvalue weighted by molar-refractivity contribution is -0.127. The van der Waals surface area contributed by atoms with Gasteiger partial charge in [0.15, 0.2) is 0 Å². The van der Waals surface area contributed by atoms with Crippen molar-refractivity contribution in [2.45, 2.75) is 38.8 Å². The van der Waals surface area contributed by atoms with Gasteiger partial charge in [-0.1, -0.05) is 12.0 Å². The fourth-order valence-corrected chi connectivity index (χ4v) is 1.78. The van der Waals surface area contributed by atoms with E-state index in [9.17, 15) is 4.79 Å². The number of rotatable bonds is 8. The van der Waals surface area contributed by atoms with Gasteiger partial charge in [-0.3, -0.25) is 4.79 Å². The number of carbonyl (C=O) groups is 1. The number of aromatic nitrogens is 2. The van der Waals surface area contributed by atoms with Gasteiger partial charge in [0.25, 0.3) is 0 Å². The molecular formula is C13H23N5O2. The largest absolute Gasteiger partial charge is 0.407 e. The van der Waals surface area contributed by atoms with Crippen LogP contribution in [0, 0.1) is 0 Å². The number of hydrogen-bond donors (Lipinski definition) is 1. The van der Waals surface area contributed by atoms with Crippen molar-refractivity contribution in [2.24, 2.45) is 0 Å². The average molecular weight is 281 g/mol. The number of anilines is 1. The zero-order valence-corrected chi connectivity index (χ0v) is 12.4. The molecule has 2 rings (SSSR count). The summed E-state index contributed by atoms with van der Waals surface area (Å²) >= 11 is 0. The first kappa shape index (κ1) is 14.8. The number of amides is 1. The third-order valence-electron chi connectivity index (χ3n) is 3.16. The predicted octanol–water partition coefficient (Wildman–Crippen LogP) is 0.626. The van der Waals surface area contributed by atoms with Gasteiger partial charge in [-0.05, 0) is 19.3 Å². The molecule has 7 nitrogen and oxygen atoms in total. The zero-order valence-electron chi connectivity index (χ0n) is 12.4. The first-order valence-electron chi connectivity index (χ1n) is 7.11. The number of nitrogens with zero attached hydrogens (tertiary/aromatic N) is 4. The van der Waals surface area contributed by atoms with Crippen molar-refractivity contribution in [2.75, 3.05) is 32.1 Å². The van der Waals surface area contributed by atoms with Crippen molar-refractivity contribution >= 4 is 11.9 Å². The molecule has 1 heterocycles. The fourth-order valence-electron chi connectivity index (χ4n) is 1.78. The SMILES string of the molecule is CCCN(CC(=O)N(C)C)c1nnc(CNC2CC2)o1. The van der Waals surface area contributed by atoms with Crippen molar-refractivity contribution in [1.29, 1.82) is 0 Å². The second kappa shape index (κ2) is 6.69. The van der Waals surface area contributed by atoms with Crippen LogP contribution in [-0.2, 0) is 11.3 Å². The van der Waals surface area contributed by atoms with Crippen molar-refractivity contribution in [3.8, 4) is 0 Å². The Labute approximate surface area is 119 Å². The highest BCUT2D eigenvalue weighted by molar-refractivity contribution is 5.80. The Morgan fingerprint density at radius 3 is 2.75 bits per heavy atom. The molecule has 0 radical (unpaired) electrons. The molecule has 0 spiro atoms. The van der Waals surface area contributed by atoms with Crippen molar-refractivity contribution < 1.29 is 9.21 Å². The lowest BCUT2D eigenvalue weighted by Gasteiger charge is -2.20. The molecule has 112 valence electrons. The molecule has 20 heavy (non-hydrogen) atoms. The van der Waals surface area contributed by atoms with Crippen LogP contribution in [0.25, 0.3) is 0 Å². The van der Waals surface area contributed by atoms with E-state index in [1.54, 1.807) is 19.0 Å². The van der Waals surface area contributed by atoms with Crippen LogP contribution in [0.3, 0.4) is 0 Å². The van der Waals surface area contributed by atoms with Crippen molar-refractivity contribution in [3.63, 3.8) is 0 Å². The molecule has 0 saturated heterocycles. The third kappa shape index (κ3) is 4.19. The summed E-state index contributed by atoms with van der Waals surface area (Å²) in [5, 5.41) is 11.4. The first-order valence-corrected chi connectivity index (χ1v) is 7.11. The van der Waals surface area contributed by atoms with E-state index in [2.05, 4.69) is 22.4 Å². The molecule has 0 aromatic carbocycles. The van der Waals surface area contributed by atoms with E-state index < -0.39 is 0 Å². The van der Waals surface area contributed by atoms with Gasteiger partial charge >= 0.3 is 6.01 Å². The Balaban J connectivity index is 1.94. The molecule has 1 fully saturated rings. The molecule has 0 unspecified atom stereocenters. The maximum Gasteiger partial charge on any atom is 0.318 e. The van der Waals surface area contributed by atoms with Crippen molar-refractivity contribution in [1.82, 2.24) is 20.4 Å². The smallest absolute Gasteiger partial charge is 0.318 e. The summed E-state index contributed by atoms with van der Waals surface area (Å²) in [4.78, 5) is 15.2. The number of carbonyl (C=O) groups excluding carboxylic acids is 1. The highest BCUT2D eigenvalue weighted by atomic mass is 16.4. The van der Waals surface area contributed by atoms with Crippen LogP contribution in [0.4, 0.5) is 6.01 Å². The number of hydrogen-bond acceptors (Lipinski definition) is 6. The molecular weight excluding hydrogens is 258 g/mol. The van der Waals surface area contributed by atoms with E-state index >= 15 is 0 Å². The highest BCUT2D eigenvalue weighted by Gasteiger charge is 2.22. The molecule has 0 bridgehead atoms. The van der Waals surface area contributed by atoms with E-state index in [-0.39, 0.29) is 12.5 Å². The van der Waals surface area contributed by atoms with Gasteiger partial charge in [0, 0.05) is 26.7 Å². The second-order valence-electron chi connectivity index (χ2n) is 5.34. The molecule has 0 aliphatic heterocycles. The van der Waals surface area contributed by atoms with Crippen LogP contribution in [0.15, 0.2) is 4.42 Å². The van der Waals surface area contributed by atoms with Crippen LogP contribution in [0.1, 0.15) is 32.1 Å². The summed E-state index contributed by atoms with van der Waals surface area (Å²) in [6.07, 6.45) is 3.36. The Morgan fingerprint density at radius 2 is 2.15 bits per heavy atom. The van der Waals surface area contributed by atoms with E-state index in [1.165, 1.54) is 12.8 Å². The van der Waals surface area contributed by atoms with Gasteiger partial charge < -0.3 is 19.5 Å². The second-order valence-corrected chi connectivity index (χ2v) is 5.34. The number of nitrogens with one attached hydrogen (secondary N) is 1. The minimum absolute atomic E-state index is 0.0225. The normalized spacial score (nSPS) is 14.3. The van der Waals surface area contributed by atoms with E-state index in [0.29, 0.717) is 24.5 Å². The van der Waals surface area contributed by atoms with Gasteiger partial charge in [-0.2, -0.15) is 0 Å². The van der Waals surface area contributed by atoms with Crippen LogP contribution in [0.2, 0.25) is 0 Å². The van der Waals surface area contributed by atoms with Gasteiger partial charge in [0.05, 0.1) is 6.54 Å². The van der Waals surface area contributed by atoms with Crippen LogP contribution >= 0.6 is 0 Å². The summed E-state index contributed by atoms with van der Waals surface area (Å²) in [7, 11) is 3.48. The highest BCUT2D eigenvalue weighted by Crippen LogP contribution is 2.19. The lowest BCUT2D eigenvalue weighted by atomic mass is 10.4. The Hall–Kier alpha value is -1.63. The van der Waals surface area contributed by atoms with E-state index in [1.807, 2.05) is 4.90 Å². The van der Waals surface area contributed by atoms with Gasteiger partial charge in [-0.25, -0.2) is 0 Å². The maximum absolute atomic E-state index is 11.8. The topological polar surface area (TPSA) is 74.5 Å². The molecule has 1 N–H and O–H groups in total. The quantitative estimate of drug-likeness (QED) is 0.753. The van der Waals surface area contributed by atoms with Crippen LogP contribution in [0.5, 0.6) is 0 Å². The summed E-state index contributed by atoms with van der Waals surface area (Å²) in [6.45, 7) is 3.63. The summed E-state index contributed by atoms with van der Waals surface area (Å²) in [5.74, 6) is 0.597. The van der Waals surface area contributed by atoms with Crippen LogP contribution in [-0.4, -0.2) is 54.2 Å². The van der Waals surface area contributed by atoms with Crippen LogP contribution < -0.4 is 10.2 Å². The fraction of sp³-hybridized carbons (Fsp3) is 0.769. The third-order valence-corrected chi connectivity index (χ3v) is 3.16. The minimum Gasteiger partial charge on any atom is -0.407 e. The summed E-state index contributed by atoms with van der Waals surface area (Å²) in [5.41, 5.74) is 0.